The van der Waals surface area contributed by atoms with Crippen LogP contribution in [0.3, 0.4) is 0 Å². The molecular weight excluding hydrogens is 685 g/mol. The van der Waals surface area contributed by atoms with Gasteiger partial charge in [0.15, 0.2) is 0 Å². The molecule has 0 radical (unpaired) electrons. The number of hydrogen-bond donors (Lipinski definition) is 0. The van der Waals surface area contributed by atoms with Crippen LogP contribution in [0.1, 0.15) is 0 Å². The largest absolute Gasteiger partial charge is 0.260 e. The summed E-state index contributed by atoms with van der Waals surface area (Å²) in [6.07, 6.45) is 3.82. The molecule has 0 atom stereocenters. The maximum absolute atomic E-state index is 5.37. The van der Waals surface area contributed by atoms with E-state index in [0.717, 1.165) is 22.5 Å². The Morgan fingerprint density at radius 3 is 1.49 bits per heavy atom. The third-order valence-electron chi connectivity index (χ3n) is 11.5. The molecule has 12 rings (SSSR count). The molecule has 0 bridgehead atoms. The molecule has 0 aliphatic rings. The summed E-state index contributed by atoms with van der Waals surface area (Å²) in [5.41, 5.74) is 6.37. The molecule has 2 nitrogen and oxygen atoms in total. The van der Waals surface area contributed by atoms with E-state index in [0.29, 0.717) is 0 Å². The van der Waals surface area contributed by atoms with Crippen LogP contribution in [0.25, 0.3) is 118 Å². The average molecular weight is 715 g/mol. The average Bonchev–Trinajstić information content (AvgIpc) is 3.61. The van der Waals surface area contributed by atoms with Gasteiger partial charge in [-0.2, -0.15) is 0 Å². The van der Waals surface area contributed by atoms with Crippen molar-refractivity contribution < 1.29 is 0 Å². The summed E-state index contributed by atoms with van der Waals surface area (Å²) in [7, 11) is 0. The normalized spacial score (nSPS) is 12.0. The predicted octanol–water partition coefficient (Wildman–Crippen LogP) is 14.8. The zero-order valence-electron chi connectivity index (χ0n) is 29.6. The molecule has 0 amide bonds. The van der Waals surface area contributed by atoms with E-state index >= 15 is 0 Å². The van der Waals surface area contributed by atoms with Crippen LogP contribution in [0.4, 0.5) is 0 Å². The predicted molar refractivity (Wildman–Crippen MR) is 236 cm³/mol. The molecule has 2 aromatic heterocycles. The highest BCUT2D eigenvalue weighted by Gasteiger charge is 2.19. The minimum atomic E-state index is 0.866. The number of nitrogens with zero attached hydrogens (tertiary/aromatic N) is 2. The zero-order chi connectivity index (χ0) is 36.0. The second-order valence-electron chi connectivity index (χ2n) is 14.5. The number of rotatable bonds is 3. The molecule has 0 fully saturated rings. The Labute approximate surface area is 320 Å². The molecular formula is C52H30N2S. The van der Waals surface area contributed by atoms with Gasteiger partial charge in [-0.25, -0.2) is 4.98 Å². The van der Waals surface area contributed by atoms with Crippen LogP contribution in [0.15, 0.2) is 182 Å². The molecule has 0 aliphatic heterocycles. The van der Waals surface area contributed by atoms with Crippen LogP contribution in [0.2, 0.25) is 0 Å². The third kappa shape index (κ3) is 4.60. The third-order valence-corrected chi connectivity index (χ3v) is 12.6. The Hall–Kier alpha value is -6.94. The number of aromatic nitrogens is 2. The summed E-state index contributed by atoms with van der Waals surface area (Å²) < 4.78 is 2.55. The van der Waals surface area contributed by atoms with Gasteiger partial charge in [0, 0.05) is 31.3 Å². The van der Waals surface area contributed by atoms with Crippen molar-refractivity contribution in [2.75, 3.05) is 0 Å². The van der Waals surface area contributed by atoms with Crippen molar-refractivity contribution in [3.05, 3.63) is 182 Å². The van der Waals surface area contributed by atoms with Gasteiger partial charge in [-0.1, -0.05) is 146 Å². The van der Waals surface area contributed by atoms with Crippen molar-refractivity contribution in [3.8, 4) is 33.6 Å². The van der Waals surface area contributed by atoms with Crippen LogP contribution in [0, 0.1) is 0 Å². The Morgan fingerprint density at radius 2 is 0.818 bits per heavy atom. The molecule has 10 aromatic carbocycles. The van der Waals surface area contributed by atoms with Crippen LogP contribution in [0.5, 0.6) is 0 Å². The fraction of sp³-hybridized carbons (Fsp3) is 0. The van der Waals surface area contributed by atoms with Gasteiger partial charge in [0.25, 0.3) is 0 Å². The first kappa shape index (κ1) is 30.5. The first-order chi connectivity index (χ1) is 27.3. The number of thiophene rings is 1. The molecule has 3 heteroatoms. The van der Waals surface area contributed by atoms with E-state index in [1.807, 2.05) is 23.7 Å². The lowest BCUT2D eigenvalue weighted by molar-refractivity contribution is 1.22. The smallest absolute Gasteiger partial charge is 0.0905 e. The summed E-state index contributed by atoms with van der Waals surface area (Å²) in [5.74, 6) is 0. The van der Waals surface area contributed by atoms with Crippen molar-refractivity contribution in [1.29, 1.82) is 0 Å². The second-order valence-corrected chi connectivity index (χ2v) is 15.6. The van der Waals surface area contributed by atoms with Crippen molar-refractivity contribution >= 4 is 96.1 Å². The zero-order valence-corrected chi connectivity index (χ0v) is 30.4. The molecule has 0 saturated carbocycles. The highest BCUT2D eigenvalue weighted by Crippen LogP contribution is 2.45. The van der Waals surface area contributed by atoms with Gasteiger partial charge in [-0.15, -0.1) is 11.3 Å². The van der Waals surface area contributed by atoms with Gasteiger partial charge < -0.3 is 0 Å². The molecule has 0 saturated heterocycles. The fourth-order valence-electron chi connectivity index (χ4n) is 9.02. The lowest BCUT2D eigenvalue weighted by atomic mass is 9.87. The summed E-state index contributed by atoms with van der Waals surface area (Å²) in [5, 5.41) is 17.6. The molecule has 0 N–H and O–H groups in total. The highest BCUT2D eigenvalue weighted by molar-refractivity contribution is 7.26. The minimum Gasteiger partial charge on any atom is -0.260 e. The molecule has 2 heterocycles. The quantitative estimate of drug-likeness (QED) is 0.134. The highest BCUT2D eigenvalue weighted by atomic mass is 32.1. The molecule has 254 valence electrons. The van der Waals surface area contributed by atoms with E-state index < -0.39 is 0 Å². The Bertz CT molecular complexity index is 3500. The number of fused-ring (bicyclic) bond motifs is 12. The summed E-state index contributed by atoms with van der Waals surface area (Å²) >= 11 is 1.86. The van der Waals surface area contributed by atoms with E-state index in [2.05, 4.69) is 170 Å². The molecule has 0 unspecified atom stereocenters. The maximum atomic E-state index is 5.37. The van der Waals surface area contributed by atoms with Gasteiger partial charge in [-0.3, -0.25) is 4.98 Å². The van der Waals surface area contributed by atoms with Crippen molar-refractivity contribution in [1.82, 2.24) is 9.97 Å². The van der Waals surface area contributed by atoms with Gasteiger partial charge in [0.1, 0.15) is 0 Å². The fourth-order valence-corrected chi connectivity index (χ4v) is 10.2. The van der Waals surface area contributed by atoms with Crippen LogP contribution >= 0.6 is 11.3 Å². The van der Waals surface area contributed by atoms with Crippen LogP contribution < -0.4 is 0 Å². The first-order valence-corrected chi connectivity index (χ1v) is 19.5. The van der Waals surface area contributed by atoms with E-state index in [1.165, 1.54) is 95.9 Å². The van der Waals surface area contributed by atoms with Gasteiger partial charge in [0.05, 0.1) is 23.8 Å². The SMILES string of the molecule is c1ccc2cc(-c3c4ccccc4c(-c4cncc(-c5ccc6c(c5)sc5cc7c8ccccc8c8ccccc8c7cc56)n4)c4ccccc34)ccc2c1. The minimum absolute atomic E-state index is 0.866. The number of hydrogen-bond acceptors (Lipinski definition) is 3. The Kier molecular flexibility index (Phi) is 6.54. The Balaban J connectivity index is 1.03. The Morgan fingerprint density at radius 1 is 0.309 bits per heavy atom. The van der Waals surface area contributed by atoms with Crippen LogP contribution in [-0.4, -0.2) is 9.97 Å². The standard InChI is InChI=1S/C52H30N2S/c1-2-12-32-25-34(22-21-31(32)11-1)51-40-17-7-9-19-42(40)52(43-20-10-8-18-41(43)51)48-30-53-29-47(54-48)33-23-24-39-46-27-44-37-15-5-3-13-35(37)36-14-4-6-16-38(36)45(44)28-50(46)55-49(39)26-33/h1-30H. The lowest BCUT2D eigenvalue weighted by Gasteiger charge is -2.17. The van der Waals surface area contributed by atoms with Crippen molar-refractivity contribution in [2.24, 2.45) is 0 Å². The summed E-state index contributed by atoms with van der Waals surface area (Å²) in [6, 6.07) is 62.1. The van der Waals surface area contributed by atoms with Gasteiger partial charge >= 0.3 is 0 Å². The van der Waals surface area contributed by atoms with E-state index in [9.17, 15) is 0 Å². The van der Waals surface area contributed by atoms with E-state index in [-0.39, 0.29) is 0 Å². The topological polar surface area (TPSA) is 25.8 Å². The molecule has 0 aliphatic carbocycles. The van der Waals surface area contributed by atoms with Gasteiger partial charge in [-0.05, 0) is 100 Å². The van der Waals surface area contributed by atoms with Crippen molar-refractivity contribution in [3.63, 3.8) is 0 Å². The number of benzene rings is 10. The summed E-state index contributed by atoms with van der Waals surface area (Å²) in [4.78, 5) is 10.2. The molecule has 12 aromatic rings. The monoisotopic (exact) mass is 714 g/mol. The van der Waals surface area contributed by atoms with E-state index in [1.54, 1.807) is 0 Å². The van der Waals surface area contributed by atoms with Gasteiger partial charge in [0.2, 0.25) is 0 Å². The summed E-state index contributed by atoms with van der Waals surface area (Å²) in [6.45, 7) is 0. The first-order valence-electron chi connectivity index (χ1n) is 18.7. The second kappa shape index (κ2) is 11.8. The molecule has 0 spiro atoms. The van der Waals surface area contributed by atoms with Crippen molar-refractivity contribution in [2.45, 2.75) is 0 Å². The maximum Gasteiger partial charge on any atom is 0.0905 e. The van der Waals surface area contributed by atoms with E-state index in [4.69, 9.17) is 9.97 Å². The lowest BCUT2D eigenvalue weighted by Crippen LogP contribution is -1.94. The molecule has 55 heavy (non-hydrogen) atoms. The van der Waals surface area contributed by atoms with Crippen LogP contribution in [-0.2, 0) is 0 Å².